The molecule has 1 amide bonds. The van der Waals surface area contributed by atoms with Gasteiger partial charge in [0.25, 0.3) is 0 Å². The number of nitrogens with zero attached hydrogens (tertiary/aromatic N) is 1. The summed E-state index contributed by atoms with van der Waals surface area (Å²) in [6, 6.07) is 6.46. The van der Waals surface area contributed by atoms with Gasteiger partial charge in [0.15, 0.2) is 0 Å². The fourth-order valence-corrected chi connectivity index (χ4v) is 2.63. The lowest BCUT2D eigenvalue weighted by Crippen LogP contribution is -2.36. The number of hydrogen-bond acceptors (Lipinski definition) is 4. The van der Waals surface area contributed by atoms with Gasteiger partial charge in [-0.15, -0.1) is 11.8 Å². The van der Waals surface area contributed by atoms with Gasteiger partial charge < -0.3 is 9.64 Å². The molecule has 116 valence electrons. The second-order valence-corrected chi connectivity index (χ2v) is 5.56. The molecule has 0 saturated carbocycles. The Morgan fingerprint density at radius 3 is 2.67 bits per heavy atom. The van der Waals surface area contributed by atoms with E-state index >= 15 is 0 Å². The summed E-state index contributed by atoms with van der Waals surface area (Å²) in [5.74, 6) is -0.360. The van der Waals surface area contributed by atoms with Crippen LogP contribution in [-0.4, -0.2) is 42.7 Å². The zero-order valence-corrected chi connectivity index (χ0v) is 13.1. The minimum absolute atomic E-state index is 0.0342. The molecule has 0 saturated heterocycles. The van der Waals surface area contributed by atoms with Gasteiger partial charge in [-0.3, -0.25) is 9.59 Å². The summed E-state index contributed by atoms with van der Waals surface area (Å²) in [6.45, 7) is 2.41. The molecule has 0 unspecified atom stereocenters. The molecule has 0 spiro atoms. The van der Waals surface area contributed by atoms with E-state index in [2.05, 4.69) is 4.74 Å². The average Bonchev–Trinajstić information content (AvgIpc) is 2.48. The van der Waals surface area contributed by atoms with Crippen LogP contribution in [0.25, 0.3) is 0 Å². The van der Waals surface area contributed by atoms with E-state index in [4.69, 9.17) is 0 Å². The lowest BCUT2D eigenvalue weighted by Gasteiger charge is -2.20. The highest BCUT2D eigenvalue weighted by Crippen LogP contribution is 2.22. The highest BCUT2D eigenvalue weighted by Gasteiger charge is 2.16. The molecule has 1 aromatic rings. The predicted octanol–water partition coefficient (Wildman–Crippen LogP) is 2.72. The normalized spacial score (nSPS) is 10.2. The second kappa shape index (κ2) is 9.39. The van der Waals surface area contributed by atoms with Crippen LogP contribution in [0, 0.1) is 5.82 Å². The van der Waals surface area contributed by atoms with Crippen molar-refractivity contribution in [1.82, 2.24) is 4.90 Å². The van der Waals surface area contributed by atoms with Crippen molar-refractivity contribution < 1.29 is 18.7 Å². The minimum Gasteiger partial charge on any atom is -0.468 e. The number of halogens is 1. The maximum absolute atomic E-state index is 13.4. The summed E-state index contributed by atoms with van der Waals surface area (Å²) in [7, 11) is 1.30. The standard InChI is InChI=1S/C15H20FNO3S/c1-3-9-17(11-15(19)20-2)14(18)8-10-21-13-7-5-4-6-12(13)16/h4-7H,3,8-11H2,1-2H3. The van der Waals surface area contributed by atoms with Crippen molar-refractivity contribution in [2.45, 2.75) is 24.7 Å². The molecule has 0 aliphatic carbocycles. The summed E-state index contributed by atoms with van der Waals surface area (Å²) >= 11 is 1.30. The van der Waals surface area contributed by atoms with E-state index in [1.165, 1.54) is 29.8 Å². The van der Waals surface area contributed by atoms with E-state index in [1.54, 1.807) is 18.2 Å². The van der Waals surface area contributed by atoms with Crippen LogP contribution in [0.2, 0.25) is 0 Å². The number of carbonyl (C=O) groups is 2. The van der Waals surface area contributed by atoms with Crippen molar-refractivity contribution in [3.05, 3.63) is 30.1 Å². The SMILES string of the molecule is CCCN(CC(=O)OC)C(=O)CCSc1ccccc1F. The van der Waals surface area contributed by atoms with Gasteiger partial charge in [0.1, 0.15) is 12.4 Å². The Labute approximate surface area is 128 Å². The fourth-order valence-electron chi connectivity index (χ4n) is 1.75. The van der Waals surface area contributed by atoms with E-state index in [0.717, 1.165) is 6.42 Å². The third-order valence-electron chi connectivity index (χ3n) is 2.80. The maximum atomic E-state index is 13.4. The largest absolute Gasteiger partial charge is 0.468 e. The molecule has 0 atom stereocenters. The Kier molecular flexibility index (Phi) is 7.82. The van der Waals surface area contributed by atoms with E-state index in [0.29, 0.717) is 17.2 Å². The Hall–Kier alpha value is -1.56. The Morgan fingerprint density at radius 2 is 2.05 bits per heavy atom. The molecule has 4 nitrogen and oxygen atoms in total. The van der Waals surface area contributed by atoms with Gasteiger partial charge >= 0.3 is 5.97 Å². The number of rotatable bonds is 8. The molecule has 21 heavy (non-hydrogen) atoms. The predicted molar refractivity (Wildman–Crippen MR) is 80.6 cm³/mol. The first-order chi connectivity index (χ1) is 10.1. The molecule has 1 rings (SSSR count). The monoisotopic (exact) mass is 313 g/mol. The molecule has 0 aliphatic rings. The lowest BCUT2D eigenvalue weighted by atomic mass is 10.3. The van der Waals surface area contributed by atoms with E-state index in [9.17, 15) is 14.0 Å². The van der Waals surface area contributed by atoms with Crippen molar-refractivity contribution in [2.24, 2.45) is 0 Å². The molecule has 0 aromatic heterocycles. The second-order valence-electron chi connectivity index (χ2n) is 4.42. The van der Waals surface area contributed by atoms with Crippen LogP contribution in [0.3, 0.4) is 0 Å². The highest BCUT2D eigenvalue weighted by molar-refractivity contribution is 7.99. The number of carbonyl (C=O) groups excluding carboxylic acids is 2. The van der Waals surface area contributed by atoms with Gasteiger partial charge in [0.2, 0.25) is 5.91 Å². The summed E-state index contributed by atoms with van der Waals surface area (Å²) in [5.41, 5.74) is 0. The number of amides is 1. The fraction of sp³-hybridized carbons (Fsp3) is 0.467. The van der Waals surface area contributed by atoms with Gasteiger partial charge in [-0.1, -0.05) is 19.1 Å². The van der Waals surface area contributed by atoms with Crippen molar-refractivity contribution in [3.8, 4) is 0 Å². The Bertz CT molecular complexity index is 482. The molecular formula is C15H20FNO3S. The van der Waals surface area contributed by atoms with Gasteiger partial charge in [0, 0.05) is 23.6 Å². The van der Waals surface area contributed by atoms with Gasteiger partial charge in [-0.25, -0.2) is 4.39 Å². The summed E-state index contributed by atoms with van der Waals surface area (Å²) in [4.78, 5) is 25.3. The highest BCUT2D eigenvalue weighted by atomic mass is 32.2. The van der Waals surface area contributed by atoms with Crippen LogP contribution in [0.4, 0.5) is 4.39 Å². The number of thioether (sulfide) groups is 1. The number of methoxy groups -OCH3 is 1. The van der Waals surface area contributed by atoms with Crippen molar-refractivity contribution >= 4 is 23.6 Å². The summed E-state index contributed by atoms with van der Waals surface area (Å²) in [6.07, 6.45) is 1.03. The lowest BCUT2D eigenvalue weighted by molar-refractivity contribution is -0.146. The molecule has 0 aliphatic heterocycles. The van der Waals surface area contributed by atoms with Crippen molar-refractivity contribution in [2.75, 3.05) is 26.0 Å². The van der Waals surface area contributed by atoms with Crippen LogP contribution in [0.15, 0.2) is 29.2 Å². The van der Waals surface area contributed by atoms with Crippen LogP contribution >= 0.6 is 11.8 Å². The van der Waals surface area contributed by atoms with E-state index < -0.39 is 5.97 Å². The number of ether oxygens (including phenoxy) is 1. The first-order valence-corrected chi connectivity index (χ1v) is 7.79. The van der Waals surface area contributed by atoms with Crippen molar-refractivity contribution in [3.63, 3.8) is 0 Å². The van der Waals surface area contributed by atoms with Gasteiger partial charge in [0.05, 0.1) is 7.11 Å². The zero-order valence-electron chi connectivity index (χ0n) is 12.3. The van der Waals surface area contributed by atoms with Crippen molar-refractivity contribution in [1.29, 1.82) is 0 Å². The van der Waals surface area contributed by atoms with Crippen LogP contribution in [0.1, 0.15) is 19.8 Å². The van der Waals surface area contributed by atoms with E-state index in [-0.39, 0.29) is 24.7 Å². The first kappa shape index (κ1) is 17.5. The molecule has 6 heteroatoms. The van der Waals surface area contributed by atoms with Crippen LogP contribution in [0.5, 0.6) is 0 Å². The van der Waals surface area contributed by atoms with Gasteiger partial charge in [-0.05, 0) is 18.6 Å². The molecule has 0 fully saturated rings. The van der Waals surface area contributed by atoms with E-state index in [1.807, 2.05) is 6.92 Å². The Morgan fingerprint density at radius 1 is 1.33 bits per heavy atom. The quantitative estimate of drug-likeness (QED) is 0.547. The first-order valence-electron chi connectivity index (χ1n) is 6.80. The number of hydrogen-bond donors (Lipinski definition) is 0. The molecule has 0 radical (unpaired) electrons. The molecular weight excluding hydrogens is 293 g/mol. The molecule has 0 N–H and O–H groups in total. The van der Waals surface area contributed by atoms with Crippen LogP contribution < -0.4 is 0 Å². The topological polar surface area (TPSA) is 46.6 Å². The van der Waals surface area contributed by atoms with Crippen LogP contribution in [-0.2, 0) is 14.3 Å². The molecule has 0 bridgehead atoms. The third kappa shape index (κ3) is 6.16. The average molecular weight is 313 g/mol. The smallest absolute Gasteiger partial charge is 0.325 e. The Balaban J connectivity index is 2.46. The number of benzene rings is 1. The maximum Gasteiger partial charge on any atom is 0.325 e. The number of esters is 1. The minimum atomic E-state index is -0.432. The molecule has 0 heterocycles. The zero-order chi connectivity index (χ0) is 15.7. The summed E-state index contributed by atoms with van der Waals surface area (Å²) < 4.78 is 18.0. The van der Waals surface area contributed by atoms with Gasteiger partial charge in [-0.2, -0.15) is 0 Å². The summed E-state index contributed by atoms with van der Waals surface area (Å²) in [5, 5.41) is 0. The molecule has 1 aromatic carbocycles. The third-order valence-corrected chi connectivity index (χ3v) is 3.85.